The van der Waals surface area contributed by atoms with Gasteiger partial charge in [0.15, 0.2) is 0 Å². The Morgan fingerprint density at radius 3 is 2.71 bits per heavy atom. The van der Waals surface area contributed by atoms with Crippen LogP contribution in [0.25, 0.3) is 0 Å². The Hall–Kier alpha value is -4.38. The molecule has 1 aromatic carbocycles. The second-order valence-corrected chi connectivity index (χ2v) is 9.51. The molecule has 0 spiro atoms. The van der Waals surface area contributed by atoms with Crippen molar-refractivity contribution in [2.24, 2.45) is 11.6 Å². The van der Waals surface area contributed by atoms with Gasteiger partial charge in [-0.05, 0) is 36.2 Å². The van der Waals surface area contributed by atoms with Crippen LogP contribution in [0.5, 0.6) is 5.75 Å². The molecule has 0 fully saturated rings. The van der Waals surface area contributed by atoms with Crippen molar-refractivity contribution in [1.29, 1.82) is 0 Å². The van der Waals surface area contributed by atoms with Gasteiger partial charge in [0.1, 0.15) is 28.4 Å². The van der Waals surface area contributed by atoms with Gasteiger partial charge in [0.25, 0.3) is 5.91 Å². The summed E-state index contributed by atoms with van der Waals surface area (Å²) in [6.45, 7) is -0.507. The number of hydrogen-bond donors (Lipinski definition) is 4. The molecule has 0 aliphatic rings. The third kappa shape index (κ3) is 11.0. The van der Waals surface area contributed by atoms with Crippen molar-refractivity contribution < 1.29 is 36.3 Å². The quantitative estimate of drug-likeness (QED) is 0.100. The van der Waals surface area contributed by atoms with E-state index in [0.717, 1.165) is 34.7 Å². The number of rotatable bonds is 13. The number of carbonyl (C=O) groups excluding carboxylic acids is 2. The Labute approximate surface area is 234 Å². The van der Waals surface area contributed by atoms with Crippen LogP contribution in [0, 0.1) is 5.82 Å². The molecule has 3 rings (SSSR count). The van der Waals surface area contributed by atoms with E-state index in [0.29, 0.717) is 5.01 Å². The number of carbonyl (C=O) groups is 2. The molecule has 2 amide bonds. The zero-order chi connectivity index (χ0) is 30.0. The summed E-state index contributed by atoms with van der Waals surface area (Å²) in [5, 5.41) is 14.0. The zero-order valence-corrected chi connectivity index (χ0v) is 22.0. The Kier molecular flexibility index (Phi) is 10.9. The highest BCUT2D eigenvalue weighted by atomic mass is 32.1. The summed E-state index contributed by atoms with van der Waals surface area (Å²) in [6, 6.07) is 7.61. The van der Waals surface area contributed by atoms with Crippen LogP contribution in [0.15, 0.2) is 54.5 Å². The summed E-state index contributed by atoms with van der Waals surface area (Å²) in [5.41, 5.74) is 5.66. The molecule has 0 saturated carbocycles. The maximum absolute atomic E-state index is 14.5. The Bertz CT molecular complexity index is 1370. The summed E-state index contributed by atoms with van der Waals surface area (Å²) in [6.07, 6.45) is -3.97. The predicted molar refractivity (Wildman–Crippen MR) is 138 cm³/mol. The van der Waals surface area contributed by atoms with Crippen molar-refractivity contribution in [1.82, 2.24) is 25.5 Å². The first-order valence-corrected chi connectivity index (χ1v) is 12.7. The van der Waals surface area contributed by atoms with Crippen molar-refractivity contribution in [3.05, 3.63) is 76.6 Å². The Morgan fingerprint density at radius 2 is 1.98 bits per heavy atom. The number of benzene rings is 1. The van der Waals surface area contributed by atoms with E-state index in [4.69, 9.17) is 11.6 Å². The molecule has 2 aromatic heterocycles. The first-order chi connectivity index (χ1) is 19.4. The second-order valence-electron chi connectivity index (χ2n) is 8.45. The molecular weight excluding hydrogens is 575 g/mol. The van der Waals surface area contributed by atoms with Crippen molar-refractivity contribution >= 4 is 28.3 Å². The molecule has 0 bridgehead atoms. The molecule has 41 heavy (non-hydrogen) atoms. The number of pyridine rings is 1. The SMILES string of the molecule is N/C(=C\N(N)CC(F)CCc1nnc(NC(=O)Cc2cccc(OC(F)(F)F)c2)s1)C(=O)NCc1ncccc1F. The molecule has 2 heterocycles. The Morgan fingerprint density at radius 1 is 1.20 bits per heavy atom. The lowest BCUT2D eigenvalue weighted by atomic mass is 10.1. The van der Waals surface area contributed by atoms with Gasteiger partial charge >= 0.3 is 6.36 Å². The van der Waals surface area contributed by atoms with Crippen molar-refractivity contribution in [2.45, 2.75) is 38.3 Å². The predicted octanol–water partition coefficient (Wildman–Crippen LogP) is 2.71. The number of nitrogens with zero attached hydrogens (tertiary/aromatic N) is 4. The van der Waals surface area contributed by atoms with Crippen molar-refractivity contribution in [3.63, 3.8) is 0 Å². The molecule has 0 aliphatic heterocycles. The van der Waals surface area contributed by atoms with E-state index in [1.165, 1.54) is 30.5 Å². The van der Waals surface area contributed by atoms with Gasteiger partial charge in [-0.3, -0.25) is 14.6 Å². The minimum atomic E-state index is -4.85. The second kappa shape index (κ2) is 14.3. The Balaban J connectivity index is 1.41. The van der Waals surface area contributed by atoms with Gasteiger partial charge in [0, 0.05) is 18.8 Å². The smallest absolute Gasteiger partial charge is 0.406 e. The van der Waals surface area contributed by atoms with Gasteiger partial charge in [-0.2, -0.15) is 0 Å². The van der Waals surface area contributed by atoms with Gasteiger partial charge in [-0.25, -0.2) is 14.6 Å². The molecule has 6 N–H and O–H groups in total. The number of amides is 2. The van der Waals surface area contributed by atoms with E-state index < -0.39 is 35.9 Å². The van der Waals surface area contributed by atoms with Gasteiger partial charge in [0.05, 0.1) is 25.2 Å². The van der Waals surface area contributed by atoms with Crippen LogP contribution < -0.4 is 26.9 Å². The highest BCUT2D eigenvalue weighted by molar-refractivity contribution is 7.15. The van der Waals surface area contributed by atoms with Gasteiger partial charge in [-0.1, -0.05) is 23.5 Å². The topological polar surface area (TPSA) is 161 Å². The van der Waals surface area contributed by atoms with Crippen molar-refractivity contribution in [2.75, 3.05) is 11.9 Å². The average Bonchev–Trinajstić information content (AvgIpc) is 3.32. The maximum Gasteiger partial charge on any atom is 0.573 e. The van der Waals surface area contributed by atoms with Gasteiger partial charge in [0.2, 0.25) is 11.0 Å². The minimum Gasteiger partial charge on any atom is -0.406 e. The van der Waals surface area contributed by atoms with Crippen LogP contribution in [0.4, 0.5) is 27.1 Å². The number of ether oxygens (including phenoxy) is 1. The molecule has 3 aromatic rings. The number of aromatic nitrogens is 3. The fourth-order valence-corrected chi connectivity index (χ4v) is 4.08. The van der Waals surface area contributed by atoms with Crippen LogP contribution in [0.1, 0.15) is 22.7 Å². The molecule has 17 heteroatoms. The molecule has 1 unspecified atom stereocenters. The maximum atomic E-state index is 14.5. The summed E-state index contributed by atoms with van der Waals surface area (Å²) in [5.74, 6) is 3.40. The summed E-state index contributed by atoms with van der Waals surface area (Å²) < 4.78 is 69.0. The first-order valence-electron chi connectivity index (χ1n) is 11.8. The van der Waals surface area contributed by atoms with Crippen LogP contribution in [-0.2, 0) is 29.0 Å². The lowest BCUT2D eigenvalue weighted by Gasteiger charge is -2.17. The van der Waals surface area contributed by atoms with Crippen LogP contribution >= 0.6 is 11.3 Å². The number of alkyl halides is 4. The molecule has 0 saturated heterocycles. The zero-order valence-electron chi connectivity index (χ0n) is 21.2. The number of halogens is 5. The molecular formula is C24H25F5N8O3S. The minimum absolute atomic E-state index is 0.0127. The fourth-order valence-electron chi connectivity index (χ4n) is 3.31. The number of anilines is 1. The summed E-state index contributed by atoms with van der Waals surface area (Å²) in [4.78, 5) is 28.1. The number of nitrogens with one attached hydrogen (secondary N) is 2. The molecule has 11 nitrogen and oxygen atoms in total. The normalized spacial score (nSPS) is 12.5. The first kappa shape index (κ1) is 31.2. The third-order valence-electron chi connectivity index (χ3n) is 5.11. The fraction of sp³-hybridized carbons (Fsp3) is 0.292. The van der Waals surface area contributed by atoms with Crippen molar-refractivity contribution in [3.8, 4) is 5.75 Å². The number of hydrogen-bond acceptors (Lipinski definition) is 10. The van der Waals surface area contributed by atoms with E-state index >= 15 is 0 Å². The third-order valence-corrected chi connectivity index (χ3v) is 6.01. The van der Waals surface area contributed by atoms with Crippen LogP contribution in [-0.4, -0.2) is 51.1 Å². The standard InChI is InChI=1S/C24H25F5N8O3S/c25-15(12-37(31)13-18(30)22(39)33-11-19-17(26)5-2-8-32-19)6-7-21-35-36-23(41-21)34-20(38)10-14-3-1-4-16(9-14)40-24(27,28)29/h1-5,8-9,13,15H,6-7,10-12,30-31H2,(H,33,39)(H,34,36,38)/b18-13-. The van der Waals surface area contributed by atoms with E-state index in [1.807, 2.05) is 0 Å². The van der Waals surface area contributed by atoms with Gasteiger partial charge < -0.3 is 26.1 Å². The molecule has 1 atom stereocenters. The molecule has 0 radical (unpaired) electrons. The number of hydrazine groups is 1. The lowest BCUT2D eigenvalue weighted by molar-refractivity contribution is -0.274. The van der Waals surface area contributed by atoms with E-state index in [2.05, 4.69) is 30.6 Å². The lowest BCUT2D eigenvalue weighted by Crippen LogP contribution is -2.36. The summed E-state index contributed by atoms with van der Waals surface area (Å²) in [7, 11) is 0. The van der Waals surface area contributed by atoms with Crippen LogP contribution in [0.2, 0.25) is 0 Å². The molecule has 0 aliphatic carbocycles. The largest absolute Gasteiger partial charge is 0.573 e. The molecule has 220 valence electrons. The summed E-state index contributed by atoms with van der Waals surface area (Å²) >= 11 is 1.01. The van der Waals surface area contributed by atoms with E-state index in [9.17, 15) is 31.5 Å². The van der Waals surface area contributed by atoms with E-state index in [1.54, 1.807) is 0 Å². The number of aryl methyl sites for hydroxylation is 1. The average molecular weight is 601 g/mol. The van der Waals surface area contributed by atoms with E-state index in [-0.39, 0.29) is 54.4 Å². The van der Waals surface area contributed by atoms with Gasteiger partial charge in [-0.15, -0.1) is 23.4 Å². The van der Waals surface area contributed by atoms with Crippen LogP contribution in [0.3, 0.4) is 0 Å². The number of nitrogens with two attached hydrogens (primary N) is 2. The monoisotopic (exact) mass is 600 g/mol. The highest BCUT2D eigenvalue weighted by Gasteiger charge is 2.31. The highest BCUT2D eigenvalue weighted by Crippen LogP contribution is 2.24.